The number of hydrogen-bond acceptors (Lipinski definition) is 3. The molecule has 1 fully saturated rings. The van der Waals surface area contributed by atoms with Crippen LogP contribution in [0, 0.1) is 5.41 Å². The van der Waals surface area contributed by atoms with Gasteiger partial charge < -0.3 is 5.32 Å². The molecule has 1 aliphatic rings. The maximum Gasteiger partial charge on any atom is 0.0492 e. The molecule has 1 saturated heterocycles. The zero-order valence-electron chi connectivity index (χ0n) is 14.4. The van der Waals surface area contributed by atoms with Gasteiger partial charge in [-0.2, -0.15) is 5.10 Å². The summed E-state index contributed by atoms with van der Waals surface area (Å²) in [6.07, 6.45) is 5.52. The lowest BCUT2D eigenvalue weighted by atomic mass is 9.83. The fourth-order valence-corrected chi connectivity index (χ4v) is 3.43. The fraction of sp³-hybridized carbons (Fsp3) is 0.824. The molecule has 2 unspecified atom stereocenters. The molecule has 120 valence electrons. The van der Waals surface area contributed by atoms with Crippen LogP contribution in [0.15, 0.2) is 12.3 Å². The van der Waals surface area contributed by atoms with E-state index in [1.165, 1.54) is 25.1 Å². The third-order valence-corrected chi connectivity index (χ3v) is 4.71. The van der Waals surface area contributed by atoms with Crippen LogP contribution in [0.4, 0.5) is 0 Å². The van der Waals surface area contributed by atoms with Gasteiger partial charge in [-0.1, -0.05) is 34.1 Å². The van der Waals surface area contributed by atoms with E-state index in [-0.39, 0.29) is 0 Å². The molecule has 1 aliphatic heterocycles. The number of hydrogen-bond donors (Lipinski definition) is 1. The highest BCUT2D eigenvalue weighted by molar-refractivity contribution is 5.01. The first kappa shape index (κ1) is 16.5. The van der Waals surface area contributed by atoms with Gasteiger partial charge in [0.1, 0.15) is 0 Å². The van der Waals surface area contributed by atoms with Crippen molar-refractivity contribution < 1.29 is 0 Å². The molecule has 4 nitrogen and oxygen atoms in total. The summed E-state index contributed by atoms with van der Waals surface area (Å²) in [5.41, 5.74) is 1.64. The molecule has 1 aromatic rings. The SMILES string of the molecule is CCCC1CN(CCc2ccnn2C)C(C(C)(C)C)CN1. The molecule has 21 heavy (non-hydrogen) atoms. The second kappa shape index (κ2) is 6.93. The van der Waals surface area contributed by atoms with Crippen LogP contribution in [0.25, 0.3) is 0 Å². The van der Waals surface area contributed by atoms with Gasteiger partial charge in [0.2, 0.25) is 0 Å². The second-order valence-corrected chi connectivity index (χ2v) is 7.47. The lowest BCUT2D eigenvalue weighted by Gasteiger charge is -2.46. The lowest BCUT2D eigenvalue weighted by Crippen LogP contribution is -2.60. The van der Waals surface area contributed by atoms with Crippen molar-refractivity contribution >= 4 is 0 Å². The molecule has 0 bridgehead atoms. The van der Waals surface area contributed by atoms with Gasteiger partial charge in [-0.25, -0.2) is 0 Å². The molecule has 2 rings (SSSR count). The first-order chi connectivity index (χ1) is 9.91. The van der Waals surface area contributed by atoms with Gasteiger partial charge in [0.25, 0.3) is 0 Å². The predicted octanol–water partition coefficient (Wildman–Crippen LogP) is 2.45. The Kier molecular flexibility index (Phi) is 5.44. The quantitative estimate of drug-likeness (QED) is 0.905. The molecular weight excluding hydrogens is 260 g/mol. The Morgan fingerprint density at radius 2 is 2.14 bits per heavy atom. The Balaban J connectivity index is 2.01. The maximum absolute atomic E-state index is 4.28. The molecule has 0 radical (unpaired) electrons. The Bertz CT molecular complexity index is 432. The van der Waals surface area contributed by atoms with Crippen molar-refractivity contribution in [1.29, 1.82) is 0 Å². The van der Waals surface area contributed by atoms with E-state index in [4.69, 9.17) is 0 Å². The molecule has 4 heteroatoms. The average molecular weight is 292 g/mol. The van der Waals surface area contributed by atoms with Crippen LogP contribution in [-0.2, 0) is 13.5 Å². The molecule has 0 spiro atoms. The Morgan fingerprint density at radius 1 is 1.38 bits per heavy atom. The van der Waals surface area contributed by atoms with Crippen LogP contribution < -0.4 is 5.32 Å². The van der Waals surface area contributed by atoms with Gasteiger partial charge >= 0.3 is 0 Å². The fourth-order valence-electron chi connectivity index (χ4n) is 3.43. The van der Waals surface area contributed by atoms with Crippen LogP contribution >= 0.6 is 0 Å². The minimum absolute atomic E-state index is 0.316. The van der Waals surface area contributed by atoms with Crippen LogP contribution in [0.3, 0.4) is 0 Å². The molecule has 1 aromatic heterocycles. The molecule has 0 saturated carbocycles. The van der Waals surface area contributed by atoms with Crippen molar-refractivity contribution in [2.24, 2.45) is 12.5 Å². The Labute approximate surface area is 129 Å². The number of piperazine rings is 1. The van der Waals surface area contributed by atoms with E-state index >= 15 is 0 Å². The Morgan fingerprint density at radius 3 is 2.71 bits per heavy atom. The third-order valence-electron chi connectivity index (χ3n) is 4.71. The summed E-state index contributed by atoms with van der Waals surface area (Å²) >= 11 is 0. The molecule has 0 aromatic carbocycles. The van der Waals surface area contributed by atoms with Crippen LogP contribution in [0.5, 0.6) is 0 Å². The number of aromatic nitrogens is 2. The van der Waals surface area contributed by atoms with Gasteiger partial charge in [0.05, 0.1) is 0 Å². The van der Waals surface area contributed by atoms with Crippen LogP contribution in [0.1, 0.15) is 46.2 Å². The average Bonchev–Trinajstić information content (AvgIpc) is 2.81. The monoisotopic (exact) mass is 292 g/mol. The van der Waals surface area contributed by atoms with E-state index in [0.29, 0.717) is 17.5 Å². The van der Waals surface area contributed by atoms with Crippen molar-refractivity contribution in [2.45, 2.75) is 59.0 Å². The molecule has 1 N–H and O–H groups in total. The summed E-state index contributed by atoms with van der Waals surface area (Å²) in [5.74, 6) is 0. The van der Waals surface area contributed by atoms with Crippen molar-refractivity contribution in [3.63, 3.8) is 0 Å². The summed E-state index contributed by atoms with van der Waals surface area (Å²) in [5, 5.41) is 8.03. The van der Waals surface area contributed by atoms with Crippen molar-refractivity contribution in [3.05, 3.63) is 18.0 Å². The third kappa shape index (κ3) is 4.30. The zero-order chi connectivity index (χ0) is 15.5. The first-order valence-electron chi connectivity index (χ1n) is 8.36. The summed E-state index contributed by atoms with van der Waals surface area (Å²) in [6, 6.07) is 3.40. The molecule has 2 heterocycles. The van der Waals surface area contributed by atoms with Gasteiger partial charge in [-0.15, -0.1) is 0 Å². The summed E-state index contributed by atoms with van der Waals surface area (Å²) in [7, 11) is 2.04. The van der Waals surface area contributed by atoms with Gasteiger partial charge in [-0.05, 0) is 17.9 Å². The van der Waals surface area contributed by atoms with Crippen molar-refractivity contribution in [1.82, 2.24) is 20.0 Å². The normalized spacial score (nSPS) is 24.4. The minimum atomic E-state index is 0.316. The molecule has 2 atom stereocenters. The Hall–Kier alpha value is -0.870. The highest BCUT2D eigenvalue weighted by Gasteiger charge is 2.34. The van der Waals surface area contributed by atoms with Crippen LogP contribution in [-0.4, -0.2) is 46.4 Å². The van der Waals surface area contributed by atoms with Gasteiger partial charge in [0, 0.05) is 57.1 Å². The first-order valence-corrected chi connectivity index (χ1v) is 8.36. The van der Waals surface area contributed by atoms with E-state index in [1.807, 2.05) is 17.9 Å². The molecule has 0 amide bonds. The topological polar surface area (TPSA) is 33.1 Å². The van der Waals surface area contributed by atoms with E-state index in [1.54, 1.807) is 0 Å². The number of nitrogens with zero attached hydrogens (tertiary/aromatic N) is 3. The largest absolute Gasteiger partial charge is 0.311 e. The van der Waals surface area contributed by atoms with Gasteiger partial charge in [0.15, 0.2) is 0 Å². The van der Waals surface area contributed by atoms with Crippen molar-refractivity contribution in [2.75, 3.05) is 19.6 Å². The van der Waals surface area contributed by atoms with E-state index in [2.05, 4.69) is 49.1 Å². The zero-order valence-corrected chi connectivity index (χ0v) is 14.4. The van der Waals surface area contributed by atoms with Crippen molar-refractivity contribution in [3.8, 4) is 0 Å². The summed E-state index contributed by atoms with van der Waals surface area (Å²) in [6.45, 7) is 12.8. The van der Waals surface area contributed by atoms with E-state index < -0.39 is 0 Å². The number of aryl methyl sites for hydroxylation is 1. The second-order valence-electron chi connectivity index (χ2n) is 7.47. The molecular formula is C17H32N4. The summed E-state index contributed by atoms with van der Waals surface area (Å²) < 4.78 is 2.00. The predicted molar refractivity (Wildman–Crippen MR) is 88.4 cm³/mol. The number of nitrogens with one attached hydrogen (secondary N) is 1. The van der Waals surface area contributed by atoms with Gasteiger partial charge in [-0.3, -0.25) is 9.58 Å². The highest BCUT2D eigenvalue weighted by Crippen LogP contribution is 2.27. The van der Waals surface area contributed by atoms with Crippen LogP contribution in [0.2, 0.25) is 0 Å². The lowest BCUT2D eigenvalue weighted by molar-refractivity contribution is 0.0544. The highest BCUT2D eigenvalue weighted by atomic mass is 15.3. The maximum atomic E-state index is 4.28. The van der Waals surface area contributed by atoms with E-state index in [9.17, 15) is 0 Å². The number of rotatable bonds is 5. The smallest absolute Gasteiger partial charge is 0.0492 e. The standard InChI is InChI=1S/C17H32N4/c1-6-7-14-13-21(16(12-18-14)17(2,3)4)11-9-15-8-10-19-20(15)5/h8,10,14,16,18H,6-7,9,11-13H2,1-5H3. The van der Waals surface area contributed by atoms with E-state index in [0.717, 1.165) is 19.5 Å². The minimum Gasteiger partial charge on any atom is -0.311 e. The molecule has 0 aliphatic carbocycles. The summed E-state index contributed by atoms with van der Waals surface area (Å²) in [4.78, 5) is 2.70.